The van der Waals surface area contributed by atoms with Gasteiger partial charge in [0.15, 0.2) is 0 Å². The van der Waals surface area contributed by atoms with Crippen LogP contribution in [0.15, 0.2) is 0 Å². The fourth-order valence-electron chi connectivity index (χ4n) is 1.25. The lowest BCUT2D eigenvalue weighted by atomic mass is 9.98. The van der Waals surface area contributed by atoms with Gasteiger partial charge in [0, 0.05) is 6.54 Å². The smallest absolute Gasteiger partial charge is 0.316 e. The van der Waals surface area contributed by atoms with Gasteiger partial charge in [-0.3, -0.25) is 0 Å². The van der Waals surface area contributed by atoms with Gasteiger partial charge in [0.1, 0.15) is 0 Å². The molecule has 4 heteroatoms. The summed E-state index contributed by atoms with van der Waals surface area (Å²) in [6, 6.07) is 0. The highest BCUT2D eigenvalue weighted by Crippen LogP contribution is 2.33. The van der Waals surface area contributed by atoms with Crippen molar-refractivity contribution in [2.45, 2.75) is 13.1 Å². The second kappa shape index (κ2) is 2.42. The van der Waals surface area contributed by atoms with E-state index in [1.165, 1.54) is 0 Å². The molecule has 1 aliphatic rings. The van der Waals surface area contributed by atoms with Gasteiger partial charge in [-0.05, 0) is 12.5 Å². The molecule has 1 aliphatic heterocycles. The van der Waals surface area contributed by atoms with Crippen molar-refractivity contribution in [2.75, 3.05) is 13.1 Å². The third-order valence-electron chi connectivity index (χ3n) is 1.94. The maximum absolute atomic E-state index is 12.0. The minimum Gasteiger partial charge on any atom is -0.316 e. The van der Waals surface area contributed by atoms with Gasteiger partial charge >= 0.3 is 6.18 Å². The zero-order valence-electron chi connectivity index (χ0n) is 5.70. The van der Waals surface area contributed by atoms with Gasteiger partial charge in [-0.15, -0.1) is 0 Å². The monoisotopic (exact) mass is 153 g/mol. The van der Waals surface area contributed by atoms with Gasteiger partial charge in [-0.1, -0.05) is 6.92 Å². The molecular formula is C6H10F3N. The molecule has 1 nitrogen and oxygen atoms in total. The molecule has 0 amide bonds. The largest absolute Gasteiger partial charge is 0.393 e. The summed E-state index contributed by atoms with van der Waals surface area (Å²) < 4.78 is 35.9. The van der Waals surface area contributed by atoms with Crippen LogP contribution >= 0.6 is 0 Å². The Labute approximate surface area is 57.6 Å². The summed E-state index contributed by atoms with van der Waals surface area (Å²) in [6.07, 6.45) is -4.01. The number of rotatable bonds is 0. The second-order valence-electron chi connectivity index (χ2n) is 2.78. The molecule has 60 valence electrons. The maximum Gasteiger partial charge on any atom is 0.393 e. The Balaban J connectivity index is 2.55. The van der Waals surface area contributed by atoms with Crippen LogP contribution in [0.3, 0.4) is 0 Å². The molecule has 0 aromatic heterocycles. The van der Waals surface area contributed by atoms with Gasteiger partial charge in [0.05, 0.1) is 5.92 Å². The molecule has 1 heterocycles. The molecule has 0 unspecified atom stereocenters. The maximum atomic E-state index is 12.0. The Morgan fingerprint density at radius 2 is 1.90 bits per heavy atom. The number of nitrogens with one attached hydrogen (secondary N) is 1. The van der Waals surface area contributed by atoms with E-state index >= 15 is 0 Å². The van der Waals surface area contributed by atoms with Crippen LogP contribution in [0.25, 0.3) is 0 Å². The van der Waals surface area contributed by atoms with Crippen LogP contribution in [0.5, 0.6) is 0 Å². The molecule has 10 heavy (non-hydrogen) atoms. The molecule has 0 aromatic carbocycles. The van der Waals surface area contributed by atoms with Crippen LogP contribution in [-0.2, 0) is 0 Å². The molecule has 0 bridgehead atoms. The number of halogens is 3. The highest BCUT2D eigenvalue weighted by molar-refractivity contribution is 4.82. The topological polar surface area (TPSA) is 12.0 Å². The summed E-state index contributed by atoms with van der Waals surface area (Å²) in [6.45, 7) is 2.20. The lowest BCUT2D eigenvalue weighted by Crippen LogP contribution is -2.28. The average molecular weight is 153 g/mol. The third-order valence-corrected chi connectivity index (χ3v) is 1.94. The number of hydrogen-bond donors (Lipinski definition) is 1. The fraction of sp³-hybridized carbons (Fsp3) is 1.00. The van der Waals surface area contributed by atoms with E-state index in [-0.39, 0.29) is 12.5 Å². The highest BCUT2D eigenvalue weighted by atomic mass is 19.4. The van der Waals surface area contributed by atoms with Gasteiger partial charge in [0.25, 0.3) is 0 Å². The lowest BCUT2D eigenvalue weighted by Gasteiger charge is -2.17. The summed E-state index contributed by atoms with van der Waals surface area (Å²) in [5, 5.41) is 2.71. The minimum atomic E-state index is -4.01. The molecule has 0 aliphatic carbocycles. The summed E-state index contributed by atoms with van der Waals surface area (Å²) in [7, 11) is 0. The summed E-state index contributed by atoms with van der Waals surface area (Å²) >= 11 is 0. The van der Waals surface area contributed by atoms with Crippen molar-refractivity contribution in [3.8, 4) is 0 Å². The van der Waals surface area contributed by atoms with Gasteiger partial charge < -0.3 is 5.32 Å². The van der Waals surface area contributed by atoms with Crippen LogP contribution < -0.4 is 5.32 Å². The van der Waals surface area contributed by atoms with Gasteiger partial charge in [-0.2, -0.15) is 13.2 Å². The molecule has 0 radical (unpaired) electrons. The molecule has 1 N–H and O–H groups in total. The van der Waals surface area contributed by atoms with Crippen LogP contribution in [-0.4, -0.2) is 19.3 Å². The van der Waals surface area contributed by atoms with E-state index < -0.39 is 12.1 Å². The first-order valence-corrected chi connectivity index (χ1v) is 3.29. The van der Waals surface area contributed by atoms with E-state index in [1.807, 2.05) is 0 Å². The third kappa shape index (κ3) is 1.42. The first kappa shape index (κ1) is 7.85. The van der Waals surface area contributed by atoms with Crippen LogP contribution in [0.4, 0.5) is 13.2 Å². The Bertz CT molecular complexity index is 121. The van der Waals surface area contributed by atoms with E-state index in [0.717, 1.165) is 0 Å². The van der Waals surface area contributed by atoms with Crippen molar-refractivity contribution in [1.29, 1.82) is 0 Å². The SMILES string of the molecule is C[C@H]1CNC[C@@H]1C(F)(F)F. The van der Waals surface area contributed by atoms with Crippen LogP contribution in [0, 0.1) is 11.8 Å². The summed E-state index contributed by atoms with van der Waals surface area (Å²) in [4.78, 5) is 0. The first-order chi connectivity index (χ1) is 4.52. The van der Waals surface area contributed by atoms with E-state index in [9.17, 15) is 13.2 Å². The van der Waals surface area contributed by atoms with Crippen molar-refractivity contribution < 1.29 is 13.2 Å². The van der Waals surface area contributed by atoms with E-state index in [4.69, 9.17) is 0 Å². The second-order valence-corrected chi connectivity index (χ2v) is 2.78. The zero-order chi connectivity index (χ0) is 7.78. The van der Waals surface area contributed by atoms with Gasteiger partial charge in [0.2, 0.25) is 0 Å². The number of hydrogen-bond acceptors (Lipinski definition) is 1. The Kier molecular flexibility index (Phi) is 1.90. The zero-order valence-corrected chi connectivity index (χ0v) is 5.70. The molecule has 1 rings (SSSR count). The normalized spacial score (nSPS) is 34.8. The lowest BCUT2D eigenvalue weighted by molar-refractivity contribution is -0.177. The van der Waals surface area contributed by atoms with Crippen molar-refractivity contribution in [3.05, 3.63) is 0 Å². The molecule has 0 aromatic rings. The van der Waals surface area contributed by atoms with Crippen molar-refractivity contribution in [2.24, 2.45) is 11.8 Å². The minimum absolute atomic E-state index is 0.0880. The molecule has 2 atom stereocenters. The molecule has 0 spiro atoms. The average Bonchev–Trinajstić information content (AvgIpc) is 2.11. The van der Waals surface area contributed by atoms with Crippen molar-refractivity contribution in [3.63, 3.8) is 0 Å². The Morgan fingerprint density at radius 1 is 1.30 bits per heavy atom. The molecule has 0 saturated carbocycles. The molecular weight excluding hydrogens is 143 g/mol. The standard InChI is InChI=1S/C6H10F3N/c1-4-2-10-3-5(4)6(7,8)9/h4-5,10H,2-3H2,1H3/t4-,5-/m0/s1. The summed E-state index contributed by atoms with van der Waals surface area (Å²) in [5.74, 6) is -1.40. The predicted octanol–water partition coefficient (Wildman–Crippen LogP) is 1.40. The van der Waals surface area contributed by atoms with E-state index in [0.29, 0.717) is 6.54 Å². The van der Waals surface area contributed by atoms with Crippen LogP contribution in [0.2, 0.25) is 0 Å². The van der Waals surface area contributed by atoms with Crippen molar-refractivity contribution in [1.82, 2.24) is 5.32 Å². The highest BCUT2D eigenvalue weighted by Gasteiger charge is 2.44. The fourth-order valence-corrected chi connectivity index (χ4v) is 1.25. The van der Waals surface area contributed by atoms with E-state index in [1.54, 1.807) is 6.92 Å². The first-order valence-electron chi connectivity index (χ1n) is 3.29. The summed E-state index contributed by atoms with van der Waals surface area (Å²) in [5.41, 5.74) is 0. The van der Waals surface area contributed by atoms with Crippen LogP contribution in [0.1, 0.15) is 6.92 Å². The molecule has 1 saturated heterocycles. The molecule has 1 fully saturated rings. The van der Waals surface area contributed by atoms with Gasteiger partial charge in [-0.25, -0.2) is 0 Å². The quantitative estimate of drug-likeness (QED) is 0.554. The predicted molar refractivity (Wildman–Crippen MR) is 31.6 cm³/mol. The van der Waals surface area contributed by atoms with Crippen molar-refractivity contribution >= 4 is 0 Å². The Morgan fingerprint density at radius 3 is 2.10 bits per heavy atom. The van der Waals surface area contributed by atoms with E-state index in [2.05, 4.69) is 5.32 Å². The number of alkyl halides is 3. The Hall–Kier alpha value is -0.250.